The predicted octanol–water partition coefficient (Wildman–Crippen LogP) is 3.92. The Morgan fingerprint density at radius 1 is 1.00 bits per heavy atom. The fraction of sp³-hybridized carbons (Fsp3) is 0.263. The normalized spacial score (nSPS) is 11.5. The Morgan fingerprint density at radius 3 is 2.20 bits per heavy atom. The van der Waals surface area contributed by atoms with Gasteiger partial charge in [0.05, 0.1) is 6.54 Å². The number of rotatable bonds is 7. The Kier molecular flexibility index (Phi) is 6.83. The highest BCUT2D eigenvalue weighted by molar-refractivity contribution is 6.30. The van der Waals surface area contributed by atoms with Crippen LogP contribution in [-0.2, 0) is 4.79 Å². The van der Waals surface area contributed by atoms with Gasteiger partial charge in [-0.25, -0.2) is 0 Å². The van der Waals surface area contributed by atoms with Crippen LogP contribution < -0.4 is 16.0 Å². The summed E-state index contributed by atoms with van der Waals surface area (Å²) in [4.78, 5) is 23.9. The molecule has 0 saturated carbocycles. The lowest BCUT2D eigenvalue weighted by Crippen LogP contribution is -2.31. The van der Waals surface area contributed by atoms with Crippen molar-refractivity contribution < 1.29 is 9.59 Å². The molecule has 0 spiro atoms. The maximum Gasteiger partial charge on any atom is 0.251 e. The summed E-state index contributed by atoms with van der Waals surface area (Å²) in [5, 5.41) is 9.33. The SMILES string of the molecule is CCC(C)NC(=O)c1ccc(NCC(=O)Nc2ccc(Cl)cc2)cc1. The van der Waals surface area contributed by atoms with E-state index in [1.54, 1.807) is 48.5 Å². The van der Waals surface area contributed by atoms with Crippen LogP contribution in [0.15, 0.2) is 48.5 Å². The number of carbonyl (C=O) groups excluding carboxylic acids is 2. The summed E-state index contributed by atoms with van der Waals surface area (Å²) in [5.74, 6) is -0.262. The number of hydrogen-bond acceptors (Lipinski definition) is 3. The van der Waals surface area contributed by atoms with Gasteiger partial charge in [-0.3, -0.25) is 9.59 Å². The summed E-state index contributed by atoms with van der Waals surface area (Å²) >= 11 is 5.81. The molecule has 0 heterocycles. The van der Waals surface area contributed by atoms with E-state index in [0.717, 1.165) is 12.1 Å². The lowest BCUT2D eigenvalue weighted by Gasteiger charge is -2.12. The van der Waals surface area contributed by atoms with Gasteiger partial charge in [-0.2, -0.15) is 0 Å². The van der Waals surface area contributed by atoms with E-state index in [-0.39, 0.29) is 24.4 Å². The summed E-state index contributed by atoms with van der Waals surface area (Å²) in [6.07, 6.45) is 0.883. The standard InChI is InChI=1S/C19H22ClN3O2/c1-3-13(2)22-19(25)14-4-8-16(9-5-14)21-12-18(24)23-17-10-6-15(20)7-11-17/h4-11,13,21H,3,12H2,1-2H3,(H,22,25)(H,23,24). The molecule has 6 heteroatoms. The zero-order valence-corrected chi connectivity index (χ0v) is 15.1. The Bertz CT molecular complexity index is 714. The van der Waals surface area contributed by atoms with Crippen molar-refractivity contribution in [2.45, 2.75) is 26.3 Å². The van der Waals surface area contributed by atoms with Gasteiger partial charge in [0.15, 0.2) is 0 Å². The Balaban J connectivity index is 1.83. The number of amides is 2. The third-order valence-corrected chi connectivity index (χ3v) is 3.97. The van der Waals surface area contributed by atoms with Crippen LogP contribution in [0, 0.1) is 0 Å². The maximum atomic E-state index is 12.0. The van der Waals surface area contributed by atoms with E-state index < -0.39 is 0 Å². The van der Waals surface area contributed by atoms with Crippen molar-refractivity contribution in [3.63, 3.8) is 0 Å². The highest BCUT2D eigenvalue weighted by Gasteiger charge is 2.08. The first-order chi connectivity index (χ1) is 12.0. The highest BCUT2D eigenvalue weighted by Crippen LogP contribution is 2.13. The molecule has 0 saturated heterocycles. The van der Waals surface area contributed by atoms with E-state index in [9.17, 15) is 9.59 Å². The number of nitrogens with one attached hydrogen (secondary N) is 3. The van der Waals surface area contributed by atoms with E-state index in [4.69, 9.17) is 11.6 Å². The Morgan fingerprint density at radius 2 is 1.60 bits per heavy atom. The van der Waals surface area contributed by atoms with Gasteiger partial charge in [-0.15, -0.1) is 0 Å². The molecule has 0 aliphatic rings. The summed E-state index contributed by atoms with van der Waals surface area (Å²) in [6, 6.07) is 14.1. The zero-order chi connectivity index (χ0) is 18.2. The first-order valence-electron chi connectivity index (χ1n) is 8.18. The molecule has 2 aromatic carbocycles. The lowest BCUT2D eigenvalue weighted by molar-refractivity contribution is -0.114. The van der Waals surface area contributed by atoms with Gasteiger partial charge in [0.2, 0.25) is 5.91 Å². The van der Waals surface area contributed by atoms with Crippen molar-refractivity contribution in [3.8, 4) is 0 Å². The van der Waals surface area contributed by atoms with Crippen molar-refractivity contribution in [2.24, 2.45) is 0 Å². The minimum atomic E-state index is -0.166. The summed E-state index contributed by atoms with van der Waals surface area (Å²) in [6.45, 7) is 4.11. The average molecular weight is 360 g/mol. The van der Waals surface area contributed by atoms with Crippen LogP contribution in [-0.4, -0.2) is 24.4 Å². The maximum absolute atomic E-state index is 12.0. The molecule has 0 fully saturated rings. The smallest absolute Gasteiger partial charge is 0.251 e. The van der Waals surface area contributed by atoms with Crippen molar-refractivity contribution in [3.05, 3.63) is 59.1 Å². The molecule has 2 amide bonds. The number of carbonyl (C=O) groups is 2. The number of hydrogen-bond donors (Lipinski definition) is 3. The van der Waals surface area contributed by atoms with Gasteiger partial charge in [0, 0.05) is 28.0 Å². The van der Waals surface area contributed by atoms with Crippen molar-refractivity contribution in [1.82, 2.24) is 5.32 Å². The minimum Gasteiger partial charge on any atom is -0.376 e. The summed E-state index contributed by atoms with van der Waals surface area (Å²) in [5.41, 5.74) is 2.05. The van der Waals surface area contributed by atoms with Crippen molar-refractivity contribution in [1.29, 1.82) is 0 Å². The number of halogens is 1. The van der Waals surface area contributed by atoms with E-state index in [0.29, 0.717) is 16.3 Å². The Labute approximate surface area is 152 Å². The lowest BCUT2D eigenvalue weighted by atomic mass is 10.1. The third-order valence-electron chi connectivity index (χ3n) is 3.72. The number of anilines is 2. The molecule has 1 atom stereocenters. The molecular weight excluding hydrogens is 338 g/mol. The first-order valence-corrected chi connectivity index (χ1v) is 8.56. The van der Waals surface area contributed by atoms with E-state index in [1.165, 1.54) is 0 Å². The quantitative estimate of drug-likeness (QED) is 0.701. The van der Waals surface area contributed by atoms with Gasteiger partial charge in [0.25, 0.3) is 5.91 Å². The molecule has 3 N–H and O–H groups in total. The van der Waals surface area contributed by atoms with Crippen LogP contribution >= 0.6 is 11.6 Å². The molecule has 2 rings (SSSR count). The third kappa shape index (κ3) is 6.12. The molecule has 0 radical (unpaired) electrons. The first kappa shape index (κ1) is 18.8. The molecule has 0 aliphatic heterocycles. The van der Waals surface area contributed by atoms with Gasteiger partial charge in [-0.1, -0.05) is 18.5 Å². The monoisotopic (exact) mass is 359 g/mol. The van der Waals surface area contributed by atoms with Crippen LogP contribution in [0.3, 0.4) is 0 Å². The zero-order valence-electron chi connectivity index (χ0n) is 14.3. The predicted molar refractivity (Wildman–Crippen MR) is 102 cm³/mol. The molecule has 5 nitrogen and oxygen atoms in total. The fourth-order valence-electron chi connectivity index (χ4n) is 2.07. The van der Waals surface area contributed by atoms with Crippen LogP contribution in [0.2, 0.25) is 5.02 Å². The van der Waals surface area contributed by atoms with Crippen LogP contribution in [0.5, 0.6) is 0 Å². The second kappa shape index (κ2) is 9.08. The molecule has 25 heavy (non-hydrogen) atoms. The fourth-order valence-corrected chi connectivity index (χ4v) is 2.20. The molecule has 1 unspecified atom stereocenters. The summed E-state index contributed by atoms with van der Waals surface area (Å²) in [7, 11) is 0. The van der Waals surface area contributed by atoms with Gasteiger partial charge in [-0.05, 0) is 61.9 Å². The second-order valence-corrected chi connectivity index (χ2v) is 6.21. The molecule has 0 bridgehead atoms. The molecule has 0 aliphatic carbocycles. The molecule has 132 valence electrons. The van der Waals surface area contributed by atoms with Gasteiger partial charge in [0.1, 0.15) is 0 Å². The minimum absolute atomic E-state index is 0.0959. The van der Waals surface area contributed by atoms with Crippen molar-refractivity contribution in [2.75, 3.05) is 17.2 Å². The number of benzene rings is 2. The second-order valence-electron chi connectivity index (χ2n) is 5.77. The van der Waals surface area contributed by atoms with E-state index in [2.05, 4.69) is 16.0 Å². The average Bonchev–Trinajstić information content (AvgIpc) is 2.62. The van der Waals surface area contributed by atoms with E-state index >= 15 is 0 Å². The van der Waals surface area contributed by atoms with Crippen LogP contribution in [0.1, 0.15) is 30.6 Å². The molecule has 2 aromatic rings. The van der Waals surface area contributed by atoms with Crippen LogP contribution in [0.25, 0.3) is 0 Å². The van der Waals surface area contributed by atoms with Gasteiger partial charge >= 0.3 is 0 Å². The topological polar surface area (TPSA) is 70.2 Å². The molecule has 0 aromatic heterocycles. The largest absolute Gasteiger partial charge is 0.376 e. The highest BCUT2D eigenvalue weighted by atomic mass is 35.5. The van der Waals surface area contributed by atoms with E-state index in [1.807, 2.05) is 13.8 Å². The van der Waals surface area contributed by atoms with Gasteiger partial charge < -0.3 is 16.0 Å². The Hall–Kier alpha value is -2.53. The summed E-state index contributed by atoms with van der Waals surface area (Å²) < 4.78 is 0. The molecular formula is C19H22ClN3O2. The van der Waals surface area contributed by atoms with Crippen LogP contribution in [0.4, 0.5) is 11.4 Å². The van der Waals surface area contributed by atoms with Crippen molar-refractivity contribution >= 4 is 34.8 Å².